The minimum atomic E-state index is 0.0510. The van der Waals surface area contributed by atoms with E-state index in [1.807, 2.05) is 56.0 Å². The summed E-state index contributed by atoms with van der Waals surface area (Å²) in [6, 6.07) is 7.60. The number of rotatable bonds is 6. The second-order valence-electron chi connectivity index (χ2n) is 7.51. The number of hydrogen-bond acceptors (Lipinski definition) is 4. The van der Waals surface area contributed by atoms with E-state index >= 15 is 0 Å². The van der Waals surface area contributed by atoms with Crippen LogP contribution in [-0.2, 0) is 13.6 Å². The fourth-order valence-corrected chi connectivity index (χ4v) is 3.58. The molecule has 5 nitrogen and oxygen atoms in total. The monoisotopic (exact) mass is 355 g/mol. The Balaban J connectivity index is 1.67. The highest BCUT2D eigenvalue weighted by Crippen LogP contribution is 2.25. The molecule has 1 aromatic carbocycles. The Bertz CT molecular complexity index is 766. The van der Waals surface area contributed by atoms with Gasteiger partial charge in [0.15, 0.2) is 5.78 Å². The fourth-order valence-electron chi connectivity index (χ4n) is 3.58. The number of carbonyl (C=O) groups excluding carboxylic acids is 1. The van der Waals surface area contributed by atoms with Crippen molar-refractivity contribution in [3.05, 3.63) is 47.3 Å². The second-order valence-corrected chi connectivity index (χ2v) is 7.51. The summed E-state index contributed by atoms with van der Waals surface area (Å²) in [6.45, 7) is 8.79. The van der Waals surface area contributed by atoms with Crippen LogP contribution in [0.1, 0.15) is 48.3 Å². The van der Waals surface area contributed by atoms with Gasteiger partial charge < -0.3 is 4.74 Å². The van der Waals surface area contributed by atoms with Crippen molar-refractivity contribution < 1.29 is 9.53 Å². The molecule has 1 aliphatic heterocycles. The average molecular weight is 355 g/mol. The van der Waals surface area contributed by atoms with E-state index in [1.54, 1.807) is 0 Å². The van der Waals surface area contributed by atoms with Gasteiger partial charge in [0.2, 0.25) is 0 Å². The Morgan fingerprint density at radius 1 is 1.38 bits per heavy atom. The summed E-state index contributed by atoms with van der Waals surface area (Å²) in [5, 5.41) is 4.33. The number of hydrogen-bond donors (Lipinski definition) is 0. The van der Waals surface area contributed by atoms with E-state index in [0.717, 1.165) is 43.8 Å². The van der Waals surface area contributed by atoms with E-state index in [2.05, 4.69) is 16.9 Å². The molecule has 2 aromatic rings. The van der Waals surface area contributed by atoms with Gasteiger partial charge in [-0.05, 0) is 52.3 Å². The van der Waals surface area contributed by atoms with Crippen LogP contribution >= 0.6 is 0 Å². The highest BCUT2D eigenvalue weighted by atomic mass is 16.5. The van der Waals surface area contributed by atoms with Crippen molar-refractivity contribution in [2.45, 2.75) is 46.3 Å². The molecular weight excluding hydrogens is 326 g/mol. The molecule has 0 radical (unpaired) electrons. The zero-order chi connectivity index (χ0) is 18.7. The smallest absolute Gasteiger partial charge is 0.167 e. The van der Waals surface area contributed by atoms with Crippen molar-refractivity contribution in [3.63, 3.8) is 0 Å². The molecular formula is C21H29N3O2. The van der Waals surface area contributed by atoms with Crippen LogP contribution in [0.2, 0.25) is 0 Å². The number of aryl methyl sites for hydroxylation is 1. The molecule has 2 heterocycles. The molecule has 1 fully saturated rings. The Hall–Kier alpha value is -2.14. The van der Waals surface area contributed by atoms with Gasteiger partial charge >= 0.3 is 0 Å². The van der Waals surface area contributed by atoms with E-state index in [0.29, 0.717) is 0 Å². The number of aromatic nitrogens is 2. The number of likely N-dealkylation sites (tertiary alicyclic amines) is 1. The summed E-state index contributed by atoms with van der Waals surface area (Å²) in [5.74, 6) is 1.05. The summed E-state index contributed by atoms with van der Waals surface area (Å²) in [4.78, 5) is 15.4. The van der Waals surface area contributed by atoms with Crippen LogP contribution in [0.15, 0.2) is 30.5 Å². The molecule has 1 aromatic heterocycles. The first-order valence-corrected chi connectivity index (χ1v) is 9.45. The van der Waals surface area contributed by atoms with E-state index in [9.17, 15) is 4.79 Å². The van der Waals surface area contributed by atoms with Gasteiger partial charge in [0.05, 0.1) is 12.3 Å². The number of benzene rings is 1. The third-order valence-electron chi connectivity index (χ3n) is 5.10. The van der Waals surface area contributed by atoms with E-state index < -0.39 is 0 Å². The van der Waals surface area contributed by atoms with Crippen LogP contribution < -0.4 is 4.74 Å². The molecule has 0 unspecified atom stereocenters. The maximum atomic E-state index is 13.0. The van der Waals surface area contributed by atoms with Crippen LogP contribution in [0.25, 0.3) is 0 Å². The molecule has 0 N–H and O–H groups in total. The summed E-state index contributed by atoms with van der Waals surface area (Å²) < 4.78 is 7.64. The van der Waals surface area contributed by atoms with Gasteiger partial charge in [-0.3, -0.25) is 14.4 Å². The Morgan fingerprint density at radius 3 is 2.88 bits per heavy atom. The molecule has 0 aliphatic carbocycles. The average Bonchev–Trinajstić information content (AvgIpc) is 2.93. The zero-order valence-electron chi connectivity index (χ0n) is 16.2. The lowest BCUT2D eigenvalue weighted by Crippen LogP contribution is -2.38. The predicted octanol–water partition coefficient (Wildman–Crippen LogP) is 3.61. The molecule has 1 atom stereocenters. The number of piperidine rings is 1. The number of carbonyl (C=O) groups is 1. The molecule has 1 aliphatic rings. The van der Waals surface area contributed by atoms with Crippen molar-refractivity contribution in [1.82, 2.24) is 14.7 Å². The molecule has 140 valence electrons. The van der Waals surface area contributed by atoms with Crippen molar-refractivity contribution in [2.24, 2.45) is 13.0 Å². The van der Waals surface area contributed by atoms with E-state index in [-0.39, 0.29) is 17.8 Å². The van der Waals surface area contributed by atoms with Crippen LogP contribution in [0.4, 0.5) is 0 Å². The number of ether oxygens (including phenoxy) is 1. The van der Waals surface area contributed by atoms with Crippen molar-refractivity contribution >= 4 is 5.78 Å². The Kier molecular flexibility index (Phi) is 5.77. The van der Waals surface area contributed by atoms with Crippen LogP contribution in [-0.4, -0.2) is 39.7 Å². The third-order valence-corrected chi connectivity index (χ3v) is 5.10. The first-order chi connectivity index (χ1) is 12.4. The van der Waals surface area contributed by atoms with Crippen LogP contribution in [0.5, 0.6) is 5.75 Å². The van der Waals surface area contributed by atoms with E-state index in [4.69, 9.17) is 4.74 Å². The van der Waals surface area contributed by atoms with Gasteiger partial charge in [0, 0.05) is 42.9 Å². The predicted molar refractivity (Wildman–Crippen MR) is 102 cm³/mol. The summed E-state index contributed by atoms with van der Waals surface area (Å²) >= 11 is 0. The molecule has 26 heavy (non-hydrogen) atoms. The highest BCUT2D eigenvalue weighted by molar-refractivity contribution is 5.98. The topological polar surface area (TPSA) is 47.4 Å². The fraction of sp³-hybridized carbons (Fsp3) is 0.524. The highest BCUT2D eigenvalue weighted by Gasteiger charge is 2.27. The molecule has 0 spiro atoms. The van der Waals surface area contributed by atoms with Crippen molar-refractivity contribution in [3.8, 4) is 5.75 Å². The lowest BCUT2D eigenvalue weighted by Gasteiger charge is -2.32. The first kappa shape index (κ1) is 18.6. The largest absolute Gasteiger partial charge is 0.491 e. The lowest BCUT2D eigenvalue weighted by atomic mass is 9.89. The van der Waals surface area contributed by atoms with Crippen molar-refractivity contribution in [2.75, 3.05) is 13.1 Å². The first-order valence-electron chi connectivity index (χ1n) is 9.45. The Labute approximate surface area is 156 Å². The molecule has 5 heteroatoms. The lowest BCUT2D eigenvalue weighted by molar-refractivity contribution is 0.0810. The minimum Gasteiger partial charge on any atom is -0.491 e. The molecule has 3 rings (SSSR count). The Morgan fingerprint density at radius 2 is 2.19 bits per heavy atom. The molecule has 0 amide bonds. The van der Waals surface area contributed by atoms with Gasteiger partial charge in [-0.25, -0.2) is 0 Å². The number of nitrogens with zero attached hydrogens (tertiary/aromatic N) is 3. The quantitative estimate of drug-likeness (QED) is 0.743. The normalized spacial score (nSPS) is 18.3. The minimum absolute atomic E-state index is 0.0510. The summed E-state index contributed by atoms with van der Waals surface area (Å²) in [7, 11) is 1.97. The van der Waals surface area contributed by atoms with Gasteiger partial charge in [-0.2, -0.15) is 5.10 Å². The summed E-state index contributed by atoms with van der Waals surface area (Å²) in [5.41, 5.74) is 3.19. The van der Waals surface area contributed by atoms with Crippen LogP contribution in [0.3, 0.4) is 0 Å². The zero-order valence-corrected chi connectivity index (χ0v) is 16.2. The standard InChI is InChI=1S/C21H29N3O2/c1-15(2)26-20-9-5-7-17(11-20)21(25)18-8-6-10-24(13-18)14-19-12-22-23(4)16(19)3/h5,7,9,11-12,15,18H,6,8,10,13-14H2,1-4H3/t18-/m1/s1. The van der Waals surface area contributed by atoms with Gasteiger partial charge in [-0.1, -0.05) is 12.1 Å². The van der Waals surface area contributed by atoms with E-state index in [1.165, 1.54) is 11.3 Å². The third kappa shape index (κ3) is 4.33. The number of ketones is 1. The maximum absolute atomic E-state index is 13.0. The SMILES string of the molecule is Cc1c(CN2CCC[C@@H](C(=O)c3cccc(OC(C)C)c3)C2)cnn1C. The van der Waals surface area contributed by atoms with Gasteiger partial charge in [0.1, 0.15) is 5.75 Å². The molecule has 0 bridgehead atoms. The van der Waals surface area contributed by atoms with Gasteiger partial charge in [0.25, 0.3) is 0 Å². The number of Topliss-reactive ketones (excluding diaryl/α,β-unsaturated/α-hetero) is 1. The second kappa shape index (κ2) is 8.04. The van der Waals surface area contributed by atoms with Gasteiger partial charge in [-0.15, -0.1) is 0 Å². The van der Waals surface area contributed by atoms with Crippen molar-refractivity contribution in [1.29, 1.82) is 0 Å². The van der Waals surface area contributed by atoms with Crippen LogP contribution in [0, 0.1) is 12.8 Å². The maximum Gasteiger partial charge on any atom is 0.167 e. The summed E-state index contributed by atoms with van der Waals surface area (Å²) in [6.07, 6.45) is 4.05. The molecule has 0 saturated carbocycles. The molecule has 1 saturated heterocycles.